The SMILES string of the molecule is CC1(C(=O)Nc2ccc(S(=O)(=O)NC3=NCCCCC3)cc2)CC1(Cl)Cl. The molecule has 0 bridgehead atoms. The number of aliphatic imine (C=N–C) groups is 1. The summed E-state index contributed by atoms with van der Waals surface area (Å²) >= 11 is 12.0. The Bertz CT molecular complexity index is 837. The Morgan fingerprint density at radius 3 is 2.42 bits per heavy atom. The van der Waals surface area contributed by atoms with E-state index in [0.29, 0.717) is 30.9 Å². The molecule has 1 heterocycles. The van der Waals surface area contributed by atoms with E-state index in [1.807, 2.05) is 0 Å². The molecule has 1 aromatic carbocycles. The molecule has 1 amide bonds. The zero-order chi connectivity index (χ0) is 19.0. The lowest BCUT2D eigenvalue weighted by atomic mass is 10.1. The first-order valence-electron chi connectivity index (χ1n) is 8.50. The van der Waals surface area contributed by atoms with Gasteiger partial charge in [0, 0.05) is 18.7 Å². The van der Waals surface area contributed by atoms with Crippen molar-refractivity contribution < 1.29 is 13.2 Å². The Hall–Kier alpha value is -1.31. The maximum absolute atomic E-state index is 12.5. The van der Waals surface area contributed by atoms with Crippen LogP contribution in [0.15, 0.2) is 34.2 Å². The molecule has 0 spiro atoms. The third-order valence-corrected chi connectivity index (χ3v) is 7.31. The molecule has 1 aliphatic carbocycles. The summed E-state index contributed by atoms with van der Waals surface area (Å²) in [5.74, 6) is 0.214. The van der Waals surface area contributed by atoms with Crippen LogP contribution >= 0.6 is 23.2 Å². The van der Waals surface area contributed by atoms with E-state index in [4.69, 9.17) is 23.2 Å². The van der Waals surface area contributed by atoms with Crippen molar-refractivity contribution in [2.75, 3.05) is 11.9 Å². The lowest BCUT2D eigenvalue weighted by molar-refractivity contribution is -0.120. The molecule has 0 aromatic heterocycles. The molecule has 26 heavy (non-hydrogen) atoms. The van der Waals surface area contributed by atoms with Gasteiger partial charge < -0.3 is 5.32 Å². The molecule has 0 radical (unpaired) electrons. The van der Waals surface area contributed by atoms with Gasteiger partial charge in [-0.15, -0.1) is 23.2 Å². The summed E-state index contributed by atoms with van der Waals surface area (Å²) in [4.78, 5) is 16.7. The van der Waals surface area contributed by atoms with Gasteiger partial charge in [0.25, 0.3) is 10.0 Å². The number of carbonyl (C=O) groups is 1. The Labute approximate surface area is 163 Å². The standard InChI is InChI=1S/C17H21Cl2N3O3S/c1-16(11-17(16,18)19)15(23)21-12-6-8-13(9-7-12)26(24,25)22-14-5-3-2-4-10-20-14/h6-9H,2-5,10-11H2,1H3,(H,20,22)(H,21,23). The number of amides is 1. The molecule has 2 N–H and O–H groups in total. The van der Waals surface area contributed by atoms with E-state index in [0.717, 1.165) is 19.3 Å². The number of hydrogen-bond acceptors (Lipinski definition) is 4. The molecular formula is C17H21Cl2N3O3S. The summed E-state index contributed by atoms with van der Waals surface area (Å²) in [7, 11) is -3.69. The predicted octanol–water partition coefficient (Wildman–Crippen LogP) is 3.46. The number of halogens is 2. The largest absolute Gasteiger partial charge is 0.326 e. The van der Waals surface area contributed by atoms with Crippen molar-refractivity contribution in [1.29, 1.82) is 0 Å². The van der Waals surface area contributed by atoms with Crippen LogP contribution < -0.4 is 10.0 Å². The number of anilines is 1. The molecule has 0 saturated heterocycles. The van der Waals surface area contributed by atoms with Gasteiger partial charge in [-0.25, -0.2) is 8.42 Å². The van der Waals surface area contributed by atoms with E-state index < -0.39 is 19.8 Å². The van der Waals surface area contributed by atoms with Gasteiger partial charge in [0.05, 0.1) is 10.3 Å². The van der Waals surface area contributed by atoms with Gasteiger partial charge in [-0.2, -0.15) is 0 Å². The van der Waals surface area contributed by atoms with Gasteiger partial charge in [0.15, 0.2) is 0 Å². The minimum Gasteiger partial charge on any atom is -0.326 e. The van der Waals surface area contributed by atoms with E-state index in [9.17, 15) is 13.2 Å². The molecule has 1 saturated carbocycles. The van der Waals surface area contributed by atoms with Crippen molar-refractivity contribution >= 4 is 50.7 Å². The minimum atomic E-state index is -3.69. The molecule has 2 aliphatic rings. The Morgan fingerprint density at radius 1 is 1.15 bits per heavy atom. The van der Waals surface area contributed by atoms with Crippen molar-refractivity contribution in [3.8, 4) is 0 Å². The third kappa shape index (κ3) is 4.00. The van der Waals surface area contributed by atoms with E-state index in [1.54, 1.807) is 6.92 Å². The highest BCUT2D eigenvalue weighted by atomic mass is 35.5. The average Bonchev–Trinajstić information content (AvgIpc) is 3.19. The first-order valence-corrected chi connectivity index (χ1v) is 10.7. The zero-order valence-electron chi connectivity index (χ0n) is 14.4. The monoisotopic (exact) mass is 417 g/mol. The van der Waals surface area contributed by atoms with Crippen molar-refractivity contribution in [1.82, 2.24) is 4.72 Å². The smallest absolute Gasteiger partial charge is 0.262 e. The predicted molar refractivity (Wildman–Crippen MR) is 103 cm³/mol. The lowest BCUT2D eigenvalue weighted by Crippen LogP contribution is -2.30. The van der Waals surface area contributed by atoms with E-state index >= 15 is 0 Å². The maximum Gasteiger partial charge on any atom is 0.262 e. The van der Waals surface area contributed by atoms with E-state index in [-0.39, 0.29) is 10.8 Å². The number of benzene rings is 1. The summed E-state index contributed by atoms with van der Waals surface area (Å²) in [6.07, 6.45) is 3.96. The fourth-order valence-electron chi connectivity index (χ4n) is 2.80. The Morgan fingerprint density at radius 2 is 1.81 bits per heavy atom. The number of carbonyl (C=O) groups excluding carboxylic acids is 1. The highest BCUT2D eigenvalue weighted by Gasteiger charge is 2.67. The molecular weight excluding hydrogens is 397 g/mol. The number of nitrogens with one attached hydrogen (secondary N) is 2. The van der Waals surface area contributed by atoms with Crippen LogP contribution in [0.4, 0.5) is 5.69 Å². The molecule has 1 atom stereocenters. The van der Waals surface area contributed by atoms with Crippen LogP contribution in [0, 0.1) is 5.41 Å². The second-order valence-electron chi connectivity index (χ2n) is 6.94. The summed E-state index contributed by atoms with van der Waals surface area (Å²) in [6.45, 7) is 2.34. The minimum absolute atomic E-state index is 0.115. The molecule has 6 nitrogen and oxygen atoms in total. The lowest BCUT2D eigenvalue weighted by Gasteiger charge is -2.13. The van der Waals surface area contributed by atoms with Gasteiger partial charge >= 0.3 is 0 Å². The van der Waals surface area contributed by atoms with Crippen LogP contribution in [0.25, 0.3) is 0 Å². The fourth-order valence-corrected chi connectivity index (χ4v) is 4.60. The molecule has 1 aliphatic heterocycles. The number of alkyl halides is 2. The second kappa shape index (κ2) is 7.02. The molecule has 1 fully saturated rings. The zero-order valence-corrected chi connectivity index (χ0v) is 16.7. The van der Waals surface area contributed by atoms with Crippen LogP contribution in [0.5, 0.6) is 0 Å². The van der Waals surface area contributed by atoms with Crippen molar-refractivity contribution in [2.24, 2.45) is 10.4 Å². The highest BCUT2D eigenvalue weighted by Crippen LogP contribution is 2.64. The topological polar surface area (TPSA) is 87.6 Å². The van der Waals surface area contributed by atoms with Crippen LogP contribution in [-0.4, -0.2) is 31.0 Å². The average molecular weight is 418 g/mol. The number of amidine groups is 1. The van der Waals surface area contributed by atoms with Crippen molar-refractivity contribution in [3.63, 3.8) is 0 Å². The Kier molecular flexibility index (Phi) is 5.25. The highest BCUT2D eigenvalue weighted by molar-refractivity contribution is 7.90. The molecule has 1 unspecified atom stereocenters. The van der Waals surface area contributed by atoms with Crippen LogP contribution in [0.1, 0.15) is 39.0 Å². The van der Waals surface area contributed by atoms with Gasteiger partial charge in [0.2, 0.25) is 5.91 Å². The van der Waals surface area contributed by atoms with E-state index in [1.165, 1.54) is 24.3 Å². The summed E-state index contributed by atoms with van der Waals surface area (Å²) in [5, 5.41) is 2.72. The Balaban J connectivity index is 1.67. The van der Waals surface area contributed by atoms with E-state index in [2.05, 4.69) is 15.0 Å². The fraction of sp³-hybridized carbons (Fsp3) is 0.529. The maximum atomic E-state index is 12.5. The molecule has 3 rings (SSSR count). The van der Waals surface area contributed by atoms with Crippen LogP contribution in [0.2, 0.25) is 0 Å². The molecule has 142 valence electrons. The normalized spacial score (nSPS) is 25.0. The summed E-state index contributed by atoms with van der Waals surface area (Å²) in [5.41, 5.74) is -0.349. The van der Waals surface area contributed by atoms with Crippen molar-refractivity contribution in [2.45, 2.75) is 48.3 Å². The first kappa shape index (κ1) is 19.5. The summed E-state index contributed by atoms with van der Waals surface area (Å²) < 4.78 is 26.5. The van der Waals surface area contributed by atoms with Crippen LogP contribution in [-0.2, 0) is 14.8 Å². The quantitative estimate of drug-likeness (QED) is 0.735. The number of nitrogens with zero attached hydrogens (tertiary/aromatic N) is 1. The van der Waals surface area contributed by atoms with Crippen LogP contribution in [0.3, 0.4) is 0 Å². The molecule has 9 heteroatoms. The number of hydrogen-bond donors (Lipinski definition) is 2. The van der Waals surface area contributed by atoms with Crippen molar-refractivity contribution in [3.05, 3.63) is 24.3 Å². The van der Waals surface area contributed by atoms with Gasteiger partial charge in [-0.1, -0.05) is 6.42 Å². The first-order chi connectivity index (χ1) is 12.1. The number of rotatable bonds is 4. The summed E-state index contributed by atoms with van der Waals surface area (Å²) in [6, 6.07) is 5.96. The van der Waals surface area contributed by atoms with Gasteiger partial charge in [-0.3, -0.25) is 14.5 Å². The molecule has 1 aromatic rings. The third-order valence-electron chi connectivity index (χ3n) is 4.81. The number of sulfonamides is 1. The van der Waals surface area contributed by atoms with Gasteiger partial charge in [0.1, 0.15) is 10.2 Å². The van der Waals surface area contributed by atoms with Gasteiger partial charge in [-0.05, 0) is 50.5 Å². The second-order valence-corrected chi connectivity index (χ2v) is 10.1.